The van der Waals surface area contributed by atoms with Gasteiger partial charge in [0, 0.05) is 10.6 Å². The third-order valence-electron chi connectivity index (χ3n) is 6.88. The number of aliphatic carboxylic acids is 1. The molecule has 4 nitrogen and oxygen atoms in total. The van der Waals surface area contributed by atoms with Gasteiger partial charge >= 0.3 is 11.9 Å². The van der Waals surface area contributed by atoms with E-state index in [9.17, 15) is 14.7 Å². The fourth-order valence-electron chi connectivity index (χ4n) is 4.56. The van der Waals surface area contributed by atoms with Gasteiger partial charge in [-0.2, -0.15) is 0 Å². The minimum Gasteiger partial charge on any atom is -0.481 e. The monoisotopic (exact) mass is 538 g/mol. The van der Waals surface area contributed by atoms with Crippen LogP contribution < -0.4 is 10.6 Å². The van der Waals surface area contributed by atoms with E-state index in [0.29, 0.717) is 12.8 Å². The third kappa shape index (κ3) is 6.82. The Kier molecular flexibility index (Phi) is 8.67. The van der Waals surface area contributed by atoms with Crippen molar-refractivity contribution in [2.24, 2.45) is 10.8 Å². The zero-order valence-corrected chi connectivity index (χ0v) is 23.8. The quantitative estimate of drug-likeness (QED) is 0.218. The lowest BCUT2D eigenvalue weighted by Crippen LogP contribution is -2.30. The summed E-state index contributed by atoms with van der Waals surface area (Å²) in [4.78, 5) is 25.6. The van der Waals surface area contributed by atoms with E-state index < -0.39 is 24.9 Å². The van der Waals surface area contributed by atoms with Gasteiger partial charge in [0.2, 0.25) is 0 Å². The molecule has 4 aromatic rings. The molecule has 4 aromatic carbocycles. The largest absolute Gasteiger partial charge is 0.481 e. The highest BCUT2D eigenvalue weighted by atomic mass is 31.1. The summed E-state index contributed by atoms with van der Waals surface area (Å²) in [7, 11) is -1.31. The molecular formula is C34H35O4P. The Bertz CT molecular complexity index is 1390. The smallest absolute Gasteiger partial charge is 0.315 e. The molecule has 0 spiro atoms. The predicted octanol–water partition coefficient (Wildman–Crippen LogP) is 7.17. The Hall–Kier alpha value is -3.75. The van der Waals surface area contributed by atoms with Gasteiger partial charge in [0.1, 0.15) is 0 Å². The summed E-state index contributed by atoms with van der Waals surface area (Å²) in [5.41, 5.74) is 2.28. The highest BCUT2D eigenvalue weighted by Crippen LogP contribution is 2.40. The van der Waals surface area contributed by atoms with E-state index >= 15 is 0 Å². The van der Waals surface area contributed by atoms with E-state index in [2.05, 4.69) is 0 Å². The summed E-state index contributed by atoms with van der Waals surface area (Å²) in [6, 6.07) is 35.8. The summed E-state index contributed by atoms with van der Waals surface area (Å²) in [6.07, 6.45) is 0.877. The first kappa shape index (κ1) is 28.3. The van der Waals surface area contributed by atoms with Crippen molar-refractivity contribution in [1.82, 2.24) is 0 Å². The van der Waals surface area contributed by atoms with Crippen LogP contribution in [-0.4, -0.2) is 17.0 Å². The average Bonchev–Trinajstić information content (AvgIpc) is 2.93. The van der Waals surface area contributed by atoms with Crippen LogP contribution in [0.25, 0.3) is 11.1 Å². The van der Waals surface area contributed by atoms with Gasteiger partial charge in [-0.3, -0.25) is 9.59 Å². The number of benzene rings is 4. The number of hydrogen-bond donors (Lipinski definition) is 1. The molecule has 39 heavy (non-hydrogen) atoms. The summed E-state index contributed by atoms with van der Waals surface area (Å²) in [6.45, 7) is 7.34. The van der Waals surface area contributed by atoms with Gasteiger partial charge in [0.25, 0.3) is 0 Å². The predicted molar refractivity (Wildman–Crippen MR) is 160 cm³/mol. The van der Waals surface area contributed by atoms with Crippen molar-refractivity contribution in [2.75, 3.05) is 0 Å². The van der Waals surface area contributed by atoms with Crippen LogP contribution in [0.3, 0.4) is 0 Å². The highest BCUT2D eigenvalue weighted by Gasteiger charge is 2.34. The van der Waals surface area contributed by atoms with Crippen LogP contribution in [0.15, 0.2) is 109 Å². The lowest BCUT2D eigenvalue weighted by atomic mass is 9.80. The van der Waals surface area contributed by atoms with Gasteiger partial charge in [-0.25, -0.2) is 0 Å². The van der Waals surface area contributed by atoms with E-state index in [-0.39, 0.29) is 5.97 Å². The zero-order chi connectivity index (χ0) is 28.0. The molecule has 0 saturated carbocycles. The number of carbonyl (C=O) groups excluding carboxylic acids is 1. The van der Waals surface area contributed by atoms with E-state index in [1.54, 1.807) is 13.8 Å². The lowest BCUT2D eigenvalue weighted by molar-refractivity contribution is -0.147. The van der Waals surface area contributed by atoms with Gasteiger partial charge in [-0.05, 0) is 62.8 Å². The Morgan fingerprint density at radius 2 is 1.00 bits per heavy atom. The first-order valence-corrected chi connectivity index (χ1v) is 14.4. The van der Waals surface area contributed by atoms with E-state index in [4.69, 9.17) is 4.52 Å². The Balaban J connectivity index is 1.63. The summed E-state index contributed by atoms with van der Waals surface area (Å²) < 4.78 is 6.28. The minimum atomic E-state index is -1.31. The molecule has 4 rings (SSSR count). The molecule has 0 bridgehead atoms. The van der Waals surface area contributed by atoms with Gasteiger partial charge in [-0.1, -0.05) is 109 Å². The third-order valence-corrected chi connectivity index (χ3v) is 8.76. The zero-order valence-electron chi connectivity index (χ0n) is 22.9. The fourth-order valence-corrected chi connectivity index (χ4v) is 6.37. The normalized spacial score (nSPS) is 11.8. The molecule has 0 fully saturated rings. The second kappa shape index (κ2) is 12.0. The molecule has 0 unspecified atom stereocenters. The van der Waals surface area contributed by atoms with E-state index in [0.717, 1.165) is 32.9 Å². The van der Waals surface area contributed by atoms with Crippen LogP contribution in [0, 0.1) is 10.8 Å². The molecule has 200 valence electrons. The lowest BCUT2D eigenvalue weighted by Gasteiger charge is -2.28. The molecular weight excluding hydrogens is 503 g/mol. The molecule has 0 radical (unpaired) electrons. The number of hydrogen-bond acceptors (Lipinski definition) is 3. The average molecular weight is 539 g/mol. The highest BCUT2D eigenvalue weighted by molar-refractivity contribution is 7.69. The maximum atomic E-state index is 13.7. The van der Waals surface area contributed by atoms with Crippen molar-refractivity contribution < 1.29 is 19.2 Å². The Morgan fingerprint density at radius 3 is 1.44 bits per heavy atom. The van der Waals surface area contributed by atoms with Crippen LogP contribution in [0.2, 0.25) is 0 Å². The van der Waals surface area contributed by atoms with Crippen molar-refractivity contribution in [1.29, 1.82) is 0 Å². The van der Waals surface area contributed by atoms with E-state index in [1.165, 1.54) is 0 Å². The fraction of sp³-hybridized carbons (Fsp3) is 0.235. The van der Waals surface area contributed by atoms with Crippen LogP contribution in [0.4, 0.5) is 0 Å². The molecule has 0 aliphatic heterocycles. The van der Waals surface area contributed by atoms with Crippen LogP contribution >= 0.6 is 8.15 Å². The Labute approximate surface area is 232 Å². The van der Waals surface area contributed by atoms with Crippen molar-refractivity contribution >= 4 is 30.7 Å². The SMILES string of the molecule is CC(C)(Cc1ccccc1-c1ccccc1CC(C)(C)C(=O)OP(c1ccccc1)c1ccccc1)C(=O)O. The summed E-state index contributed by atoms with van der Waals surface area (Å²) in [5.74, 6) is -1.08. The molecule has 5 heteroatoms. The molecule has 0 aliphatic rings. The Morgan fingerprint density at radius 1 is 0.615 bits per heavy atom. The van der Waals surface area contributed by atoms with Crippen molar-refractivity contribution in [3.05, 3.63) is 120 Å². The van der Waals surface area contributed by atoms with Crippen molar-refractivity contribution in [3.8, 4) is 11.1 Å². The maximum absolute atomic E-state index is 13.7. The van der Waals surface area contributed by atoms with E-state index in [1.807, 2.05) is 123 Å². The second-order valence-electron chi connectivity index (χ2n) is 11.1. The van der Waals surface area contributed by atoms with Crippen molar-refractivity contribution in [2.45, 2.75) is 40.5 Å². The van der Waals surface area contributed by atoms with Gasteiger partial charge in [-0.15, -0.1) is 0 Å². The number of rotatable bonds is 10. The summed E-state index contributed by atoms with van der Waals surface area (Å²) >= 11 is 0. The van der Waals surface area contributed by atoms with Crippen LogP contribution in [0.1, 0.15) is 38.8 Å². The van der Waals surface area contributed by atoms with Gasteiger partial charge in [0.15, 0.2) is 8.15 Å². The number of carboxylic acid groups (broad SMARTS) is 1. The minimum absolute atomic E-state index is 0.253. The molecule has 0 saturated heterocycles. The molecule has 0 atom stereocenters. The standard InChI is InChI=1S/C34H35O4P/c1-33(2,31(35)36)23-25-15-11-13-21-29(25)30-22-14-12-16-26(30)24-34(3,4)32(37)38-39(27-17-7-5-8-18-27)28-19-9-6-10-20-28/h5-22H,23-24H2,1-4H3,(H,35,36). The van der Waals surface area contributed by atoms with Crippen molar-refractivity contribution in [3.63, 3.8) is 0 Å². The number of carboxylic acids is 1. The first-order chi connectivity index (χ1) is 18.6. The topological polar surface area (TPSA) is 63.6 Å². The molecule has 0 heterocycles. The van der Waals surface area contributed by atoms with Crippen LogP contribution in [-0.2, 0) is 27.0 Å². The molecule has 0 aliphatic carbocycles. The van der Waals surface area contributed by atoms with Gasteiger partial charge in [0.05, 0.1) is 10.8 Å². The van der Waals surface area contributed by atoms with Crippen LogP contribution in [0.5, 0.6) is 0 Å². The second-order valence-corrected chi connectivity index (χ2v) is 12.9. The van der Waals surface area contributed by atoms with Gasteiger partial charge < -0.3 is 9.63 Å². The maximum Gasteiger partial charge on any atom is 0.315 e. The summed E-state index contributed by atoms with van der Waals surface area (Å²) in [5, 5.41) is 11.7. The number of carbonyl (C=O) groups is 2. The molecule has 0 amide bonds. The first-order valence-electron chi connectivity index (χ1n) is 13.1. The molecule has 1 N–H and O–H groups in total. The molecule has 0 aromatic heterocycles.